The van der Waals surface area contributed by atoms with Crippen molar-refractivity contribution < 1.29 is 9.59 Å². The highest BCUT2D eigenvalue weighted by Crippen LogP contribution is 2.40. The SMILES string of the molecule is C[C@H]1CCc2c(sc3ncnc(SCC(=O)NNC(=O)c4ccc(Cl)cc4)c23)C1. The van der Waals surface area contributed by atoms with Gasteiger partial charge in [-0.3, -0.25) is 20.4 Å². The Kier molecular flexibility index (Phi) is 6.03. The smallest absolute Gasteiger partial charge is 0.269 e. The monoisotopic (exact) mass is 446 g/mol. The van der Waals surface area contributed by atoms with Crippen molar-refractivity contribution in [1.29, 1.82) is 0 Å². The van der Waals surface area contributed by atoms with E-state index in [1.807, 2.05) is 0 Å². The molecule has 0 radical (unpaired) electrons. The number of thiophene rings is 1. The van der Waals surface area contributed by atoms with Crippen molar-refractivity contribution in [3.05, 3.63) is 51.6 Å². The Morgan fingerprint density at radius 2 is 2.03 bits per heavy atom. The van der Waals surface area contributed by atoms with Crippen molar-refractivity contribution in [2.24, 2.45) is 5.92 Å². The minimum absolute atomic E-state index is 0.147. The number of benzene rings is 1. The van der Waals surface area contributed by atoms with E-state index in [2.05, 4.69) is 27.7 Å². The van der Waals surface area contributed by atoms with E-state index in [0.717, 1.165) is 34.5 Å². The van der Waals surface area contributed by atoms with E-state index in [1.165, 1.54) is 22.2 Å². The Balaban J connectivity index is 1.39. The topological polar surface area (TPSA) is 84.0 Å². The fourth-order valence-corrected chi connectivity index (χ4v) is 5.69. The lowest BCUT2D eigenvalue weighted by Gasteiger charge is -2.18. The van der Waals surface area contributed by atoms with Gasteiger partial charge in [0, 0.05) is 20.8 Å². The number of aryl methyl sites for hydroxylation is 1. The molecule has 1 atom stereocenters. The summed E-state index contributed by atoms with van der Waals surface area (Å²) < 4.78 is 0. The van der Waals surface area contributed by atoms with Crippen LogP contribution in [0.3, 0.4) is 0 Å². The van der Waals surface area contributed by atoms with Gasteiger partial charge >= 0.3 is 0 Å². The summed E-state index contributed by atoms with van der Waals surface area (Å²) in [4.78, 5) is 35.5. The highest BCUT2D eigenvalue weighted by molar-refractivity contribution is 8.00. The Hall–Kier alpha value is -2.16. The number of hydrazine groups is 1. The van der Waals surface area contributed by atoms with Crippen molar-refractivity contribution in [2.75, 3.05) is 5.75 Å². The van der Waals surface area contributed by atoms with Crippen LogP contribution in [0, 0.1) is 5.92 Å². The number of amides is 2. The predicted molar refractivity (Wildman–Crippen MR) is 116 cm³/mol. The molecule has 0 unspecified atom stereocenters. The van der Waals surface area contributed by atoms with Crippen LogP contribution in [-0.4, -0.2) is 27.5 Å². The molecule has 0 fully saturated rings. The first-order valence-corrected chi connectivity index (χ1v) is 11.4. The quantitative estimate of drug-likeness (QED) is 0.359. The van der Waals surface area contributed by atoms with Gasteiger partial charge in [-0.1, -0.05) is 30.3 Å². The number of thioether (sulfide) groups is 1. The number of rotatable bonds is 4. The number of nitrogens with one attached hydrogen (secondary N) is 2. The number of aromatic nitrogens is 2. The van der Waals surface area contributed by atoms with Crippen LogP contribution in [0.1, 0.15) is 34.1 Å². The van der Waals surface area contributed by atoms with Crippen LogP contribution in [-0.2, 0) is 17.6 Å². The Morgan fingerprint density at radius 1 is 1.24 bits per heavy atom. The van der Waals surface area contributed by atoms with Gasteiger partial charge in [-0.05, 0) is 55.0 Å². The standard InChI is InChI=1S/C20H19ClN4O2S2/c1-11-2-7-14-15(8-11)29-20-17(14)19(22-10-23-20)28-9-16(26)24-25-18(27)12-3-5-13(21)6-4-12/h3-6,10-11H,2,7-9H2,1H3,(H,24,26)(H,25,27)/t11-/m0/s1. The van der Waals surface area contributed by atoms with E-state index in [4.69, 9.17) is 11.6 Å². The predicted octanol–water partition coefficient (Wildman–Crippen LogP) is 4.02. The molecule has 3 aromatic rings. The molecule has 2 heterocycles. The number of halogens is 1. The zero-order valence-corrected chi connectivity index (χ0v) is 18.1. The molecule has 1 aliphatic rings. The van der Waals surface area contributed by atoms with Gasteiger partial charge in [-0.2, -0.15) is 0 Å². The van der Waals surface area contributed by atoms with Gasteiger partial charge in [-0.25, -0.2) is 9.97 Å². The van der Waals surface area contributed by atoms with Crippen LogP contribution >= 0.6 is 34.7 Å². The lowest BCUT2D eigenvalue weighted by atomic mass is 9.89. The summed E-state index contributed by atoms with van der Waals surface area (Å²) in [6.45, 7) is 2.28. The number of carbonyl (C=O) groups is 2. The summed E-state index contributed by atoms with van der Waals surface area (Å²) in [6.07, 6.45) is 4.82. The van der Waals surface area contributed by atoms with Crippen molar-refractivity contribution >= 4 is 56.7 Å². The molecule has 2 aromatic heterocycles. The van der Waals surface area contributed by atoms with Gasteiger partial charge in [0.15, 0.2) is 0 Å². The van der Waals surface area contributed by atoms with E-state index in [1.54, 1.807) is 41.9 Å². The Morgan fingerprint density at radius 3 is 2.83 bits per heavy atom. The van der Waals surface area contributed by atoms with Crippen LogP contribution in [0.5, 0.6) is 0 Å². The molecule has 1 aromatic carbocycles. The molecule has 0 bridgehead atoms. The van der Waals surface area contributed by atoms with E-state index in [9.17, 15) is 9.59 Å². The van der Waals surface area contributed by atoms with Crippen molar-refractivity contribution in [2.45, 2.75) is 31.2 Å². The Bertz CT molecular complexity index is 1070. The minimum Gasteiger partial charge on any atom is -0.272 e. The van der Waals surface area contributed by atoms with Gasteiger partial charge in [0.25, 0.3) is 5.91 Å². The summed E-state index contributed by atoms with van der Waals surface area (Å²) in [7, 11) is 0. The molecule has 2 amide bonds. The van der Waals surface area contributed by atoms with Crippen LogP contribution in [0.4, 0.5) is 0 Å². The normalized spacial score (nSPS) is 15.7. The molecule has 0 aliphatic heterocycles. The second kappa shape index (κ2) is 8.69. The summed E-state index contributed by atoms with van der Waals surface area (Å²) >= 11 is 8.91. The highest BCUT2D eigenvalue weighted by atomic mass is 35.5. The van der Waals surface area contributed by atoms with E-state index in [0.29, 0.717) is 16.5 Å². The van der Waals surface area contributed by atoms with Crippen molar-refractivity contribution in [3.8, 4) is 0 Å². The van der Waals surface area contributed by atoms with Gasteiger partial charge in [0.1, 0.15) is 16.2 Å². The third-order valence-electron chi connectivity index (χ3n) is 4.82. The number of nitrogens with zero attached hydrogens (tertiary/aromatic N) is 2. The van der Waals surface area contributed by atoms with Crippen molar-refractivity contribution in [3.63, 3.8) is 0 Å². The number of fused-ring (bicyclic) bond motifs is 3. The number of carbonyl (C=O) groups excluding carboxylic acids is 2. The lowest BCUT2D eigenvalue weighted by Crippen LogP contribution is -2.42. The van der Waals surface area contributed by atoms with Gasteiger partial charge < -0.3 is 0 Å². The van der Waals surface area contributed by atoms with E-state index >= 15 is 0 Å². The fourth-order valence-electron chi connectivity index (χ4n) is 3.33. The zero-order chi connectivity index (χ0) is 20.4. The summed E-state index contributed by atoms with van der Waals surface area (Å²) in [5.41, 5.74) is 6.61. The summed E-state index contributed by atoms with van der Waals surface area (Å²) in [6, 6.07) is 6.43. The minimum atomic E-state index is -0.398. The second-order valence-corrected chi connectivity index (χ2v) is 9.49. The molecule has 0 spiro atoms. The average Bonchev–Trinajstić information content (AvgIpc) is 3.09. The molecule has 2 N–H and O–H groups in total. The third kappa shape index (κ3) is 4.55. The third-order valence-corrected chi connectivity index (χ3v) is 7.22. The van der Waals surface area contributed by atoms with Crippen molar-refractivity contribution in [1.82, 2.24) is 20.8 Å². The average molecular weight is 447 g/mol. The first-order chi connectivity index (χ1) is 14.0. The Labute approximate surface area is 181 Å². The van der Waals surface area contributed by atoms with E-state index in [-0.39, 0.29) is 11.7 Å². The molecule has 6 nitrogen and oxygen atoms in total. The molecule has 0 saturated carbocycles. The second-order valence-electron chi connectivity index (χ2n) is 7.01. The molecule has 9 heteroatoms. The largest absolute Gasteiger partial charge is 0.272 e. The molecule has 4 rings (SSSR count). The maximum Gasteiger partial charge on any atom is 0.269 e. The van der Waals surface area contributed by atoms with Gasteiger partial charge in [0.2, 0.25) is 5.91 Å². The first kappa shape index (κ1) is 20.1. The summed E-state index contributed by atoms with van der Waals surface area (Å²) in [5.74, 6) is 0.135. The fraction of sp³-hybridized carbons (Fsp3) is 0.300. The van der Waals surface area contributed by atoms with Crippen LogP contribution < -0.4 is 10.9 Å². The number of hydrogen-bond acceptors (Lipinski definition) is 6. The van der Waals surface area contributed by atoms with Crippen LogP contribution in [0.2, 0.25) is 5.02 Å². The molecule has 1 aliphatic carbocycles. The van der Waals surface area contributed by atoms with Crippen LogP contribution in [0.25, 0.3) is 10.2 Å². The molecule has 0 saturated heterocycles. The maximum atomic E-state index is 12.2. The van der Waals surface area contributed by atoms with Gasteiger partial charge in [0.05, 0.1) is 5.75 Å². The zero-order valence-electron chi connectivity index (χ0n) is 15.7. The first-order valence-electron chi connectivity index (χ1n) is 9.24. The molecular weight excluding hydrogens is 428 g/mol. The molecule has 29 heavy (non-hydrogen) atoms. The maximum absolute atomic E-state index is 12.2. The van der Waals surface area contributed by atoms with Gasteiger partial charge in [-0.15, -0.1) is 11.3 Å². The van der Waals surface area contributed by atoms with E-state index < -0.39 is 5.91 Å². The molecular formula is C20H19ClN4O2S2. The summed E-state index contributed by atoms with van der Waals surface area (Å²) in [5, 5.41) is 2.45. The highest BCUT2D eigenvalue weighted by Gasteiger charge is 2.23. The lowest BCUT2D eigenvalue weighted by molar-refractivity contribution is -0.119. The molecule has 150 valence electrons. The number of hydrogen-bond donors (Lipinski definition) is 2. The van der Waals surface area contributed by atoms with Crippen LogP contribution in [0.15, 0.2) is 35.6 Å².